The van der Waals surface area contributed by atoms with Gasteiger partial charge in [-0.25, -0.2) is 8.78 Å². The molecule has 4 heteroatoms. The van der Waals surface area contributed by atoms with Crippen LogP contribution in [0.25, 0.3) is 0 Å². The second-order valence-corrected chi connectivity index (χ2v) is 6.57. The lowest BCUT2D eigenvalue weighted by molar-refractivity contribution is 0.616. The average Bonchev–Trinajstić information content (AvgIpc) is 3.07. The summed E-state index contributed by atoms with van der Waals surface area (Å²) in [4.78, 5) is 2.26. The van der Waals surface area contributed by atoms with E-state index in [-0.39, 0.29) is 23.7 Å². The summed E-state index contributed by atoms with van der Waals surface area (Å²) in [7, 11) is 0. The lowest BCUT2D eigenvalue weighted by atomic mass is 9.99. The smallest absolute Gasteiger partial charge is 0.123 e. The number of nitrogens with one attached hydrogen (secondary N) is 1. The first-order chi connectivity index (χ1) is 12.7. The molecule has 0 aliphatic carbocycles. The molecule has 4 rings (SSSR count). The number of para-hydroxylation sites is 1. The van der Waals surface area contributed by atoms with Crippen molar-refractivity contribution in [3.63, 3.8) is 0 Å². The van der Waals surface area contributed by atoms with Crippen LogP contribution in [0.4, 0.5) is 20.2 Å². The Morgan fingerprint density at radius 1 is 0.769 bits per heavy atom. The van der Waals surface area contributed by atoms with Crippen LogP contribution in [0.5, 0.6) is 0 Å². The highest BCUT2D eigenvalue weighted by molar-refractivity contribution is 5.54. The fourth-order valence-corrected chi connectivity index (χ4v) is 3.69. The van der Waals surface area contributed by atoms with E-state index in [0.29, 0.717) is 0 Å². The molecule has 0 amide bonds. The van der Waals surface area contributed by atoms with Gasteiger partial charge in [-0.15, -0.1) is 0 Å². The summed E-state index contributed by atoms with van der Waals surface area (Å²) in [6, 6.07) is 23.5. The van der Waals surface area contributed by atoms with Crippen LogP contribution >= 0.6 is 0 Å². The van der Waals surface area contributed by atoms with Crippen molar-refractivity contribution in [3.8, 4) is 0 Å². The Bertz CT molecular complexity index is 848. The Kier molecular flexibility index (Phi) is 4.57. The second-order valence-electron chi connectivity index (χ2n) is 6.57. The zero-order chi connectivity index (χ0) is 17.9. The third-order valence-corrected chi connectivity index (χ3v) is 4.89. The van der Waals surface area contributed by atoms with E-state index in [0.717, 1.165) is 29.9 Å². The standard InChI is InChI=1S/C22H20F2N2/c23-17-8-6-16(7-9-17)22-21(25-19-4-2-1-3-5-19)14-15-26(22)20-12-10-18(24)11-13-20/h1-13,21-22,25H,14-15H2/t21?,22-/m0/s1. The van der Waals surface area contributed by atoms with Gasteiger partial charge in [0, 0.05) is 17.9 Å². The van der Waals surface area contributed by atoms with Crippen LogP contribution in [0, 0.1) is 11.6 Å². The topological polar surface area (TPSA) is 15.3 Å². The molecule has 132 valence electrons. The molecule has 0 bridgehead atoms. The van der Waals surface area contributed by atoms with Crippen LogP contribution in [0.15, 0.2) is 78.9 Å². The molecular weight excluding hydrogens is 330 g/mol. The summed E-state index contributed by atoms with van der Waals surface area (Å²) in [6.07, 6.45) is 0.939. The van der Waals surface area contributed by atoms with Gasteiger partial charge in [0.1, 0.15) is 11.6 Å². The van der Waals surface area contributed by atoms with Crippen molar-refractivity contribution in [1.29, 1.82) is 0 Å². The van der Waals surface area contributed by atoms with Crippen LogP contribution in [0.2, 0.25) is 0 Å². The number of hydrogen-bond acceptors (Lipinski definition) is 2. The summed E-state index contributed by atoms with van der Waals surface area (Å²) in [5, 5.41) is 3.61. The normalized spacial score (nSPS) is 19.5. The van der Waals surface area contributed by atoms with Gasteiger partial charge in [0.05, 0.1) is 12.1 Å². The number of nitrogens with zero attached hydrogens (tertiary/aromatic N) is 1. The molecule has 26 heavy (non-hydrogen) atoms. The van der Waals surface area contributed by atoms with Gasteiger partial charge >= 0.3 is 0 Å². The van der Waals surface area contributed by atoms with Crippen LogP contribution in [-0.4, -0.2) is 12.6 Å². The van der Waals surface area contributed by atoms with Gasteiger partial charge in [0.15, 0.2) is 0 Å². The Balaban J connectivity index is 1.67. The lowest BCUT2D eigenvalue weighted by Crippen LogP contribution is -2.31. The highest BCUT2D eigenvalue weighted by Gasteiger charge is 2.35. The molecule has 1 aliphatic rings. The number of benzene rings is 3. The molecule has 2 atom stereocenters. The van der Waals surface area contributed by atoms with Crippen LogP contribution in [-0.2, 0) is 0 Å². The minimum atomic E-state index is -0.245. The molecule has 1 aliphatic heterocycles. The fraction of sp³-hybridized carbons (Fsp3) is 0.182. The Morgan fingerprint density at radius 3 is 2.04 bits per heavy atom. The first-order valence-corrected chi connectivity index (χ1v) is 8.80. The maximum atomic E-state index is 13.4. The van der Waals surface area contributed by atoms with E-state index in [9.17, 15) is 8.78 Å². The molecule has 1 saturated heterocycles. The van der Waals surface area contributed by atoms with E-state index in [1.807, 2.05) is 42.5 Å². The monoisotopic (exact) mass is 350 g/mol. The third kappa shape index (κ3) is 3.40. The molecule has 0 aromatic heterocycles. The minimum Gasteiger partial charge on any atom is -0.380 e. The largest absolute Gasteiger partial charge is 0.380 e. The Labute approximate surface area is 152 Å². The molecule has 3 aromatic carbocycles. The molecule has 2 nitrogen and oxygen atoms in total. The summed E-state index contributed by atoms with van der Waals surface area (Å²) in [5.74, 6) is -0.488. The number of anilines is 2. The van der Waals surface area contributed by atoms with Gasteiger partial charge in [0.25, 0.3) is 0 Å². The summed E-state index contributed by atoms with van der Waals surface area (Å²) >= 11 is 0. The van der Waals surface area contributed by atoms with Gasteiger partial charge < -0.3 is 10.2 Å². The van der Waals surface area contributed by atoms with E-state index < -0.39 is 0 Å². The zero-order valence-electron chi connectivity index (χ0n) is 14.3. The average molecular weight is 350 g/mol. The van der Waals surface area contributed by atoms with Crippen molar-refractivity contribution in [2.75, 3.05) is 16.8 Å². The van der Waals surface area contributed by atoms with Crippen molar-refractivity contribution >= 4 is 11.4 Å². The molecule has 1 fully saturated rings. The molecule has 3 aromatic rings. The summed E-state index contributed by atoms with van der Waals surface area (Å²) < 4.78 is 26.7. The highest BCUT2D eigenvalue weighted by Crippen LogP contribution is 2.38. The number of halogens is 2. The summed E-state index contributed by atoms with van der Waals surface area (Å²) in [5.41, 5.74) is 3.07. The van der Waals surface area contributed by atoms with Crippen molar-refractivity contribution in [3.05, 3.63) is 96.1 Å². The third-order valence-electron chi connectivity index (χ3n) is 4.89. The van der Waals surface area contributed by atoms with E-state index in [1.54, 1.807) is 12.1 Å². The van der Waals surface area contributed by atoms with Gasteiger partial charge in [-0.05, 0) is 60.5 Å². The second kappa shape index (κ2) is 7.16. The predicted molar refractivity (Wildman–Crippen MR) is 101 cm³/mol. The van der Waals surface area contributed by atoms with Crippen LogP contribution in [0.1, 0.15) is 18.0 Å². The van der Waals surface area contributed by atoms with Gasteiger partial charge in [-0.2, -0.15) is 0 Å². The zero-order valence-corrected chi connectivity index (χ0v) is 14.3. The molecular formula is C22H20F2N2. The van der Waals surface area contributed by atoms with E-state index in [4.69, 9.17) is 0 Å². The van der Waals surface area contributed by atoms with E-state index >= 15 is 0 Å². The van der Waals surface area contributed by atoms with Crippen LogP contribution < -0.4 is 10.2 Å². The van der Waals surface area contributed by atoms with Crippen molar-refractivity contribution in [2.24, 2.45) is 0 Å². The maximum absolute atomic E-state index is 13.4. The maximum Gasteiger partial charge on any atom is 0.123 e. The molecule has 1 heterocycles. The Hall–Kier alpha value is -2.88. The Morgan fingerprint density at radius 2 is 1.38 bits per heavy atom. The lowest BCUT2D eigenvalue weighted by Gasteiger charge is -2.31. The minimum absolute atomic E-state index is 0.0428. The quantitative estimate of drug-likeness (QED) is 0.678. The molecule has 1 unspecified atom stereocenters. The first kappa shape index (κ1) is 16.6. The van der Waals surface area contributed by atoms with Crippen molar-refractivity contribution < 1.29 is 8.78 Å². The van der Waals surface area contributed by atoms with E-state index in [2.05, 4.69) is 10.2 Å². The molecule has 0 spiro atoms. The molecule has 1 N–H and O–H groups in total. The highest BCUT2D eigenvalue weighted by atomic mass is 19.1. The fourth-order valence-electron chi connectivity index (χ4n) is 3.69. The van der Waals surface area contributed by atoms with Gasteiger partial charge in [0.2, 0.25) is 0 Å². The van der Waals surface area contributed by atoms with Crippen molar-refractivity contribution in [1.82, 2.24) is 0 Å². The number of rotatable bonds is 4. The SMILES string of the molecule is Fc1ccc([C@H]2C(Nc3ccccc3)CCN2c2ccc(F)cc2)cc1. The predicted octanol–water partition coefficient (Wildman–Crippen LogP) is 5.40. The van der Waals surface area contributed by atoms with Crippen LogP contribution in [0.3, 0.4) is 0 Å². The van der Waals surface area contributed by atoms with E-state index in [1.165, 1.54) is 24.3 Å². The van der Waals surface area contributed by atoms with Gasteiger partial charge in [-0.3, -0.25) is 0 Å². The first-order valence-electron chi connectivity index (χ1n) is 8.80. The number of hydrogen-bond donors (Lipinski definition) is 1. The van der Waals surface area contributed by atoms with Crippen molar-refractivity contribution in [2.45, 2.75) is 18.5 Å². The van der Waals surface area contributed by atoms with Gasteiger partial charge in [-0.1, -0.05) is 30.3 Å². The summed E-state index contributed by atoms with van der Waals surface area (Å²) in [6.45, 7) is 0.845. The molecule has 0 saturated carbocycles. The molecule has 0 radical (unpaired) electrons.